The van der Waals surface area contributed by atoms with Gasteiger partial charge in [0, 0.05) is 28.7 Å². The van der Waals surface area contributed by atoms with Crippen LogP contribution in [0.15, 0.2) is 36.7 Å². The molecule has 2 heteroatoms. The van der Waals surface area contributed by atoms with Crippen molar-refractivity contribution in [3.8, 4) is 11.5 Å². The minimum Gasteiger partial charge on any atom is -0.264 e. The standard InChI is InChI=1S/C14H15NSi/c1-16(2,3)10-8-12-5-4-6-13-11-15-9-7-14(12)13/h4-7,9,11H,1-3H3. The van der Waals surface area contributed by atoms with Gasteiger partial charge < -0.3 is 0 Å². The van der Waals surface area contributed by atoms with E-state index >= 15 is 0 Å². The Morgan fingerprint density at radius 3 is 2.69 bits per heavy atom. The molecule has 0 aliphatic rings. The van der Waals surface area contributed by atoms with Gasteiger partial charge in [0.1, 0.15) is 8.07 Å². The van der Waals surface area contributed by atoms with E-state index in [9.17, 15) is 0 Å². The van der Waals surface area contributed by atoms with Gasteiger partial charge in [-0.15, -0.1) is 5.54 Å². The highest BCUT2D eigenvalue weighted by Crippen LogP contribution is 2.16. The van der Waals surface area contributed by atoms with Crippen LogP contribution >= 0.6 is 0 Å². The van der Waals surface area contributed by atoms with Crippen LogP contribution < -0.4 is 0 Å². The maximum atomic E-state index is 4.12. The van der Waals surface area contributed by atoms with Gasteiger partial charge in [-0.25, -0.2) is 0 Å². The van der Waals surface area contributed by atoms with Crippen molar-refractivity contribution in [1.29, 1.82) is 0 Å². The monoisotopic (exact) mass is 225 g/mol. The van der Waals surface area contributed by atoms with Gasteiger partial charge in [0.25, 0.3) is 0 Å². The molecule has 16 heavy (non-hydrogen) atoms. The first-order chi connectivity index (χ1) is 7.56. The number of aromatic nitrogens is 1. The first-order valence-electron chi connectivity index (χ1n) is 5.42. The van der Waals surface area contributed by atoms with Crippen molar-refractivity contribution in [2.24, 2.45) is 0 Å². The second-order valence-corrected chi connectivity index (χ2v) is 9.65. The molecule has 0 amide bonds. The molecule has 2 rings (SSSR count). The lowest BCUT2D eigenvalue weighted by atomic mass is 10.1. The third-order valence-corrected chi connectivity index (χ3v) is 3.13. The van der Waals surface area contributed by atoms with E-state index < -0.39 is 8.07 Å². The van der Waals surface area contributed by atoms with Gasteiger partial charge in [-0.2, -0.15) is 0 Å². The Bertz CT molecular complexity index is 565. The maximum absolute atomic E-state index is 4.12. The quantitative estimate of drug-likeness (QED) is 0.494. The largest absolute Gasteiger partial charge is 0.264 e. The Morgan fingerprint density at radius 2 is 1.94 bits per heavy atom. The van der Waals surface area contributed by atoms with Crippen LogP contribution in [0.25, 0.3) is 10.8 Å². The van der Waals surface area contributed by atoms with E-state index in [1.165, 1.54) is 5.39 Å². The fourth-order valence-corrected chi connectivity index (χ4v) is 2.00. The normalized spacial score (nSPS) is 10.9. The van der Waals surface area contributed by atoms with E-state index in [-0.39, 0.29) is 0 Å². The van der Waals surface area contributed by atoms with Gasteiger partial charge in [0.15, 0.2) is 0 Å². The van der Waals surface area contributed by atoms with Gasteiger partial charge in [-0.3, -0.25) is 4.98 Å². The van der Waals surface area contributed by atoms with Crippen LogP contribution in [0, 0.1) is 11.5 Å². The molecule has 2 aromatic rings. The van der Waals surface area contributed by atoms with Crippen LogP contribution in [-0.4, -0.2) is 13.1 Å². The van der Waals surface area contributed by atoms with Crippen molar-refractivity contribution in [3.63, 3.8) is 0 Å². The highest BCUT2D eigenvalue weighted by molar-refractivity contribution is 6.83. The van der Waals surface area contributed by atoms with Gasteiger partial charge >= 0.3 is 0 Å². The molecule has 0 atom stereocenters. The smallest absolute Gasteiger partial charge is 0.129 e. The van der Waals surface area contributed by atoms with E-state index in [1.54, 1.807) is 0 Å². The lowest BCUT2D eigenvalue weighted by Crippen LogP contribution is -2.16. The topological polar surface area (TPSA) is 12.9 Å². The Balaban J connectivity index is 2.56. The molecule has 0 aliphatic heterocycles. The molecule has 0 fully saturated rings. The Kier molecular flexibility index (Phi) is 2.80. The highest BCUT2D eigenvalue weighted by atomic mass is 28.3. The zero-order valence-electron chi connectivity index (χ0n) is 9.91. The molecule has 0 spiro atoms. The number of nitrogens with zero attached hydrogens (tertiary/aromatic N) is 1. The third kappa shape index (κ3) is 2.50. The van der Waals surface area contributed by atoms with E-state index in [0.717, 1.165) is 10.9 Å². The highest BCUT2D eigenvalue weighted by Gasteiger charge is 2.07. The number of fused-ring (bicyclic) bond motifs is 1. The van der Waals surface area contributed by atoms with E-state index in [0.29, 0.717) is 0 Å². The molecule has 0 bridgehead atoms. The van der Waals surface area contributed by atoms with Crippen LogP contribution in [0.2, 0.25) is 19.6 Å². The van der Waals surface area contributed by atoms with Gasteiger partial charge in [-0.1, -0.05) is 37.7 Å². The summed E-state index contributed by atoms with van der Waals surface area (Å²) in [5.74, 6) is 3.31. The van der Waals surface area contributed by atoms with Crippen molar-refractivity contribution in [1.82, 2.24) is 4.98 Å². The summed E-state index contributed by atoms with van der Waals surface area (Å²) >= 11 is 0. The zero-order valence-corrected chi connectivity index (χ0v) is 10.9. The van der Waals surface area contributed by atoms with Crippen molar-refractivity contribution in [2.75, 3.05) is 0 Å². The number of hydrogen-bond donors (Lipinski definition) is 0. The molecule has 0 saturated heterocycles. The Morgan fingerprint density at radius 1 is 1.12 bits per heavy atom. The molecular formula is C14H15NSi. The molecule has 1 aromatic carbocycles. The van der Waals surface area contributed by atoms with Gasteiger partial charge in [-0.05, 0) is 12.1 Å². The summed E-state index contributed by atoms with van der Waals surface area (Å²) in [4.78, 5) is 4.12. The molecule has 1 aromatic heterocycles. The molecule has 0 radical (unpaired) electrons. The second-order valence-electron chi connectivity index (χ2n) is 4.90. The molecular weight excluding hydrogens is 210 g/mol. The zero-order chi connectivity index (χ0) is 11.6. The molecule has 0 N–H and O–H groups in total. The van der Waals surface area contributed by atoms with Crippen LogP contribution in [-0.2, 0) is 0 Å². The lowest BCUT2D eigenvalue weighted by Gasteiger charge is -2.04. The fraction of sp³-hybridized carbons (Fsp3) is 0.214. The first kappa shape index (κ1) is 10.9. The summed E-state index contributed by atoms with van der Waals surface area (Å²) in [7, 11) is -1.30. The summed E-state index contributed by atoms with van der Waals surface area (Å²) in [5.41, 5.74) is 4.51. The summed E-state index contributed by atoms with van der Waals surface area (Å²) in [6.07, 6.45) is 3.71. The van der Waals surface area contributed by atoms with Crippen LogP contribution in [0.5, 0.6) is 0 Å². The fourth-order valence-electron chi connectivity index (χ4n) is 1.49. The molecule has 1 heterocycles. The molecule has 0 aliphatic carbocycles. The number of pyridine rings is 1. The third-order valence-electron chi connectivity index (χ3n) is 2.25. The van der Waals surface area contributed by atoms with Crippen molar-refractivity contribution in [3.05, 3.63) is 42.2 Å². The van der Waals surface area contributed by atoms with Gasteiger partial charge in [0.2, 0.25) is 0 Å². The SMILES string of the molecule is C[Si](C)(C)C#Cc1cccc2cnccc12. The minimum absolute atomic E-state index is 1.11. The van der Waals surface area contributed by atoms with Crippen molar-refractivity contribution >= 4 is 18.8 Å². The molecule has 0 saturated carbocycles. The second kappa shape index (κ2) is 4.11. The molecule has 0 unspecified atom stereocenters. The van der Waals surface area contributed by atoms with Crippen molar-refractivity contribution < 1.29 is 0 Å². The summed E-state index contributed by atoms with van der Waals surface area (Å²) in [6, 6.07) is 8.22. The van der Waals surface area contributed by atoms with Crippen LogP contribution in [0.4, 0.5) is 0 Å². The van der Waals surface area contributed by atoms with Crippen molar-refractivity contribution in [2.45, 2.75) is 19.6 Å². The maximum Gasteiger partial charge on any atom is 0.129 e. The molecule has 80 valence electrons. The van der Waals surface area contributed by atoms with E-state index in [2.05, 4.69) is 48.2 Å². The molecule has 1 nitrogen and oxygen atoms in total. The average Bonchev–Trinajstić information content (AvgIpc) is 2.25. The number of benzene rings is 1. The minimum atomic E-state index is -1.30. The van der Waals surface area contributed by atoms with Gasteiger partial charge in [0.05, 0.1) is 0 Å². The predicted octanol–water partition coefficient (Wildman–Crippen LogP) is 3.46. The average molecular weight is 225 g/mol. The van der Waals surface area contributed by atoms with E-state index in [1.807, 2.05) is 24.5 Å². The Hall–Kier alpha value is -1.59. The number of hydrogen-bond acceptors (Lipinski definition) is 1. The summed E-state index contributed by atoms with van der Waals surface area (Å²) < 4.78 is 0. The summed E-state index contributed by atoms with van der Waals surface area (Å²) in [5, 5.41) is 2.35. The van der Waals surface area contributed by atoms with Crippen LogP contribution in [0.1, 0.15) is 5.56 Å². The van der Waals surface area contributed by atoms with Crippen LogP contribution in [0.3, 0.4) is 0 Å². The summed E-state index contributed by atoms with van der Waals surface area (Å²) in [6.45, 7) is 6.77. The van der Waals surface area contributed by atoms with E-state index in [4.69, 9.17) is 0 Å². The first-order valence-corrected chi connectivity index (χ1v) is 8.92. The lowest BCUT2D eigenvalue weighted by molar-refractivity contribution is 1.36. The Labute approximate surface area is 97.5 Å². The predicted molar refractivity (Wildman–Crippen MR) is 72.0 cm³/mol. The number of rotatable bonds is 0.